The lowest BCUT2D eigenvalue weighted by molar-refractivity contribution is 0.0365. The standard InChI is InChI=1S/C25H30N6O3S/c26-21-4-1-2-5-22(21)28-23(32)20-8-6-19(7-9-20)18-31(25(33)29-24-27-10-17-35-24)12-3-11-30-13-15-34-16-14-30/h1-2,4-10,17H,3,11-16,18,26H2,(H,28,32)(H,27,29,33). The zero-order valence-corrected chi connectivity index (χ0v) is 20.3. The molecule has 0 unspecified atom stereocenters. The van der Waals surface area contributed by atoms with Crippen LogP contribution in [0.15, 0.2) is 60.1 Å². The number of nitrogen functional groups attached to an aromatic ring is 1. The van der Waals surface area contributed by atoms with Crippen molar-refractivity contribution in [1.82, 2.24) is 14.8 Å². The highest BCUT2D eigenvalue weighted by molar-refractivity contribution is 7.13. The predicted molar refractivity (Wildman–Crippen MR) is 139 cm³/mol. The number of nitrogens with zero attached hydrogens (tertiary/aromatic N) is 3. The van der Waals surface area contributed by atoms with Crippen molar-refractivity contribution in [3.8, 4) is 0 Å². The zero-order valence-electron chi connectivity index (χ0n) is 19.5. The SMILES string of the molecule is Nc1ccccc1NC(=O)c1ccc(CN(CCCN2CCOCC2)C(=O)Nc2nccs2)cc1. The maximum absolute atomic E-state index is 13.0. The van der Waals surface area contributed by atoms with Gasteiger partial charge in [0.25, 0.3) is 5.91 Å². The number of nitrogens with two attached hydrogens (primary N) is 1. The first-order valence-corrected chi connectivity index (χ1v) is 12.5. The molecule has 1 saturated heterocycles. The molecule has 10 heteroatoms. The number of para-hydroxylation sites is 2. The number of thiazole rings is 1. The minimum atomic E-state index is -0.238. The summed E-state index contributed by atoms with van der Waals surface area (Å²) in [4.78, 5) is 33.9. The number of hydrogen-bond donors (Lipinski definition) is 3. The first-order valence-electron chi connectivity index (χ1n) is 11.6. The lowest BCUT2D eigenvalue weighted by Gasteiger charge is -2.28. The Kier molecular flexibility index (Phi) is 8.66. The summed E-state index contributed by atoms with van der Waals surface area (Å²) in [6.07, 6.45) is 2.51. The number of carbonyl (C=O) groups excluding carboxylic acids is 2. The van der Waals surface area contributed by atoms with Gasteiger partial charge in [0, 0.05) is 49.9 Å². The second-order valence-corrected chi connectivity index (χ2v) is 9.13. The molecular formula is C25H30N6O3S. The van der Waals surface area contributed by atoms with Crippen LogP contribution in [0, 0.1) is 0 Å². The van der Waals surface area contributed by atoms with E-state index in [1.54, 1.807) is 35.4 Å². The molecule has 0 saturated carbocycles. The van der Waals surface area contributed by atoms with Crippen molar-refractivity contribution in [3.05, 3.63) is 71.2 Å². The van der Waals surface area contributed by atoms with Crippen LogP contribution in [-0.4, -0.2) is 66.1 Å². The fourth-order valence-electron chi connectivity index (χ4n) is 3.81. The van der Waals surface area contributed by atoms with Crippen molar-refractivity contribution in [2.24, 2.45) is 0 Å². The third-order valence-corrected chi connectivity index (χ3v) is 6.43. The van der Waals surface area contributed by atoms with Gasteiger partial charge in [-0.3, -0.25) is 15.0 Å². The van der Waals surface area contributed by atoms with Gasteiger partial charge in [0.2, 0.25) is 0 Å². The summed E-state index contributed by atoms with van der Waals surface area (Å²) in [6.45, 7) is 5.28. The van der Waals surface area contributed by atoms with E-state index < -0.39 is 0 Å². The Morgan fingerprint density at radius 1 is 1.09 bits per heavy atom. The van der Waals surface area contributed by atoms with Gasteiger partial charge in [-0.2, -0.15) is 0 Å². The van der Waals surface area contributed by atoms with Crippen molar-refractivity contribution in [3.63, 3.8) is 0 Å². The third kappa shape index (κ3) is 7.25. The van der Waals surface area contributed by atoms with Gasteiger partial charge in [-0.1, -0.05) is 24.3 Å². The van der Waals surface area contributed by atoms with Crippen molar-refractivity contribution < 1.29 is 14.3 Å². The molecule has 2 aromatic carbocycles. The third-order valence-electron chi connectivity index (χ3n) is 5.74. The Morgan fingerprint density at radius 2 is 1.86 bits per heavy atom. The molecule has 1 aliphatic heterocycles. The average Bonchev–Trinajstić information content (AvgIpc) is 3.39. The largest absolute Gasteiger partial charge is 0.397 e. The Bertz CT molecular complexity index is 1100. The van der Waals surface area contributed by atoms with Gasteiger partial charge in [0.1, 0.15) is 0 Å². The van der Waals surface area contributed by atoms with Crippen LogP contribution < -0.4 is 16.4 Å². The van der Waals surface area contributed by atoms with E-state index >= 15 is 0 Å². The molecule has 0 aliphatic carbocycles. The smallest absolute Gasteiger partial charge is 0.323 e. The van der Waals surface area contributed by atoms with Crippen LogP contribution in [0.25, 0.3) is 0 Å². The summed E-state index contributed by atoms with van der Waals surface area (Å²) in [6, 6.07) is 14.2. The molecule has 9 nitrogen and oxygen atoms in total. The lowest BCUT2D eigenvalue weighted by Crippen LogP contribution is -2.40. The number of nitrogens with one attached hydrogen (secondary N) is 2. The van der Waals surface area contributed by atoms with Gasteiger partial charge in [-0.05, 0) is 36.2 Å². The number of aromatic nitrogens is 1. The first-order chi connectivity index (χ1) is 17.1. The molecule has 4 N–H and O–H groups in total. The molecule has 2 heterocycles. The topological polar surface area (TPSA) is 113 Å². The maximum atomic E-state index is 13.0. The van der Waals surface area contributed by atoms with Crippen molar-refractivity contribution in [2.45, 2.75) is 13.0 Å². The molecule has 1 aliphatic rings. The molecule has 0 radical (unpaired) electrons. The summed E-state index contributed by atoms with van der Waals surface area (Å²) >= 11 is 1.38. The molecule has 1 fully saturated rings. The quantitative estimate of drug-likeness (QED) is 0.391. The number of urea groups is 1. The fraction of sp³-hybridized carbons (Fsp3) is 0.320. The molecule has 0 spiro atoms. The zero-order chi connectivity index (χ0) is 24.5. The molecule has 184 valence electrons. The number of ether oxygens (including phenoxy) is 1. The van der Waals surface area contributed by atoms with Gasteiger partial charge in [-0.25, -0.2) is 9.78 Å². The van der Waals surface area contributed by atoms with Crippen LogP contribution in [-0.2, 0) is 11.3 Å². The molecule has 0 atom stereocenters. The van der Waals surface area contributed by atoms with Gasteiger partial charge < -0.3 is 20.7 Å². The number of rotatable bonds is 9. The predicted octanol–water partition coefficient (Wildman–Crippen LogP) is 3.73. The van der Waals surface area contributed by atoms with Gasteiger partial charge in [-0.15, -0.1) is 11.3 Å². The van der Waals surface area contributed by atoms with Crippen molar-refractivity contribution in [1.29, 1.82) is 0 Å². The van der Waals surface area contributed by atoms with Crippen molar-refractivity contribution >= 4 is 39.8 Å². The van der Waals surface area contributed by atoms with Gasteiger partial charge in [0.05, 0.1) is 24.6 Å². The minimum absolute atomic E-state index is 0.191. The minimum Gasteiger partial charge on any atom is -0.397 e. The highest BCUT2D eigenvalue weighted by Crippen LogP contribution is 2.19. The van der Waals surface area contributed by atoms with E-state index in [2.05, 4.69) is 20.5 Å². The number of anilines is 3. The molecule has 3 amide bonds. The second-order valence-electron chi connectivity index (χ2n) is 8.23. The molecule has 4 rings (SSSR count). The summed E-state index contributed by atoms with van der Waals surface area (Å²) in [5.41, 5.74) is 8.45. The van der Waals surface area contributed by atoms with Crippen LogP contribution in [0.2, 0.25) is 0 Å². The van der Waals surface area contributed by atoms with E-state index in [9.17, 15) is 9.59 Å². The van der Waals surface area contributed by atoms with Crippen LogP contribution in [0.3, 0.4) is 0 Å². The maximum Gasteiger partial charge on any atom is 0.323 e. The molecule has 35 heavy (non-hydrogen) atoms. The van der Waals surface area contributed by atoms with E-state index in [0.717, 1.165) is 44.8 Å². The number of amides is 3. The highest BCUT2D eigenvalue weighted by atomic mass is 32.1. The van der Waals surface area contributed by atoms with Crippen LogP contribution in [0.5, 0.6) is 0 Å². The van der Waals surface area contributed by atoms with Gasteiger partial charge in [0.15, 0.2) is 5.13 Å². The van der Waals surface area contributed by atoms with Crippen LogP contribution in [0.4, 0.5) is 21.3 Å². The number of carbonyl (C=O) groups is 2. The Balaban J connectivity index is 1.37. The summed E-state index contributed by atoms with van der Waals surface area (Å²) in [7, 11) is 0. The van der Waals surface area contributed by atoms with Crippen molar-refractivity contribution in [2.75, 3.05) is 55.8 Å². The van der Waals surface area contributed by atoms with E-state index in [-0.39, 0.29) is 11.9 Å². The molecule has 0 bridgehead atoms. The number of benzene rings is 2. The van der Waals surface area contributed by atoms with Gasteiger partial charge >= 0.3 is 6.03 Å². The average molecular weight is 495 g/mol. The highest BCUT2D eigenvalue weighted by Gasteiger charge is 2.17. The van der Waals surface area contributed by atoms with E-state index in [0.29, 0.717) is 35.2 Å². The summed E-state index contributed by atoms with van der Waals surface area (Å²) in [5, 5.41) is 8.10. The molecule has 3 aromatic rings. The Hall–Kier alpha value is -3.47. The second kappa shape index (κ2) is 12.3. The van der Waals surface area contributed by atoms with E-state index in [4.69, 9.17) is 10.5 Å². The summed E-state index contributed by atoms with van der Waals surface area (Å²) < 4.78 is 5.41. The molecular weight excluding hydrogens is 464 g/mol. The summed E-state index contributed by atoms with van der Waals surface area (Å²) in [5.74, 6) is -0.238. The monoisotopic (exact) mass is 494 g/mol. The first kappa shape index (κ1) is 24.6. The van der Waals surface area contributed by atoms with Crippen LogP contribution >= 0.6 is 11.3 Å². The Labute approximate surface area is 208 Å². The van der Waals surface area contributed by atoms with E-state index in [1.807, 2.05) is 29.6 Å². The van der Waals surface area contributed by atoms with E-state index in [1.165, 1.54) is 11.3 Å². The fourth-order valence-corrected chi connectivity index (χ4v) is 4.32. The lowest BCUT2D eigenvalue weighted by atomic mass is 10.1. The normalized spacial score (nSPS) is 13.8. The Morgan fingerprint density at radius 3 is 2.57 bits per heavy atom. The molecule has 1 aromatic heterocycles. The number of morpholine rings is 1. The number of hydrogen-bond acceptors (Lipinski definition) is 7. The van der Waals surface area contributed by atoms with Crippen LogP contribution in [0.1, 0.15) is 22.3 Å².